The second-order valence-electron chi connectivity index (χ2n) is 7.57. The molecule has 1 unspecified atom stereocenters. The second kappa shape index (κ2) is 6.02. The number of methoxy groups -OCH3 is 1. The van der Waals surface area contributed by atoms with Crippen molar-refractivity contribution < 1.29 is 4.74 Å². The van der Waals surface area contributed by atoms with Gasteiger partial charge in [0.15, 0.2) is 0 Å². The van der Waals surface area contributed by atoms with Crippen LogP contribution in [0, 0.1) is 0 Å². The number of likely N-dealkylation sites (tertiary alicyclic amines) is 1. The van der Waals surface area contributed by atoms with Crippen LogP contribution in [-0.4, -0.2) is 47.7 Å². The van der Waals surface area contributed by atoms with Crippen LogP contribution >= 0.6 is 0 Å². The van der Waals surface area contributed by atoms with Crippen molar-refractivity contribution in [3.63, 3.8) is 0 Å². The van der Waals surface area contributed by atoms with Gasteiger partial charge in [0.05, 0.1) is 19.0 Å². The highest BCUT2D eigenvalue weighted by Gasteiger charge is 2.39. The Morgan fingerprint density at radius 1 is 1.27 bits per heavy atom. The zero-order chi connectivity index (χ0) is 17.7. The summed E-state index contributed by atoms with van der Waals surface area (Å²) in [5.41, 5.74) is 5.29. The highest BCUT2D eigenvalue weighted by Crippen LogP contribution is 2.43. The number of aromatic amines is 1. The van der Waals surface area contributed by atoms with E-state index < -0.39 is 0 Å². The molecule has 0 amide bonds. The Balaban J connectivity index is 1.43. The Bertz CT molecular complexity index is 933. The minimum atomic E-state index is 0.409. The third-order valence-electron chi connectivity index (χ3n) is 6.04. The van der Waals surface area contributed by atoms with Crippen LogP contribution in [0.25, 0.3) is 10.9 Å². The average Bonchev–Trinajstić information content (AvgIpc) is 3.08. The first-order valence-electron chi connectivity index (χ1n) is 9.28. The summed E-state index contributed by atoms with van der Waals surface area (Å²) < 4.78 is 5.15. The molecule has 0 radical (unpaired) electrons. The van der Waals surface area contributed by atoms with Gasteiger partial charge in [0.2, 0.25) is 5.88 Å². The summed E-state index contributed by atoms with van der Waals surface area (Å²) in [6, 6.07) is 11.6. The van der Waals surface area contributed by atoms with Gasteiger partial charge in [-0.2, -0.15) is 0 Å². The predicted octanol–water partition coefficient (Wildman–Crippen LogP) is 3.40. The van der Waals surface area contributed by atoms with Gasteiger partial charge in [-0.1, -0.05) is 12.1 Å². The fourth-order valence-electron chi connectivity index (χ4n) is 4.87. The van der Waals surface area contributed by atoms with E-state index in [1.165, 1.54) is 22.0 Å². The highest BCUT2D eigenvalue weighted by atomic mass is 16.5. The molecule has 0 spiro atoms. The van der Waals surface area contributed by atoms with Crippen LogP contribution < -0.4 is 10.1 Å². The number of anilines is 1. The molecule has 1 saturated heterocycles. The number of aromatic nitrogens is 2. The van der Waals surface area contributed by atoms with E-state index in [0.717, 1.165) is 25.1 Å². The van der Waals surface area contributed by atoms with Gasteiger partial charge in [-0.25, -0.2) is 4.98 Å². The molecule has 5 rings (SSSR count). The number of benzene rings is 1. The van der Waals surface area contributed by atoms with Crippen LogP contribution in [-0.2, 0) is 6.42 Å². The van der Waals surface area contributed by atoms with Crippen molar-refractivity contribution in [1.29, 1.82) is 0 Å². The molecule has 5 nitrogen and oxygen atoms in total. The normalized spacial score (nSPS) is 25.1. The molecule has 1 aliphatic heterocycles. The summed E-state index contributed by atoms with van der Waals surface area (Å²) in [6.07, 6.45) is 6.34. The Hall–Kier alpha value is -2.53. The number of piperidine rings is 1. The monoisotopic (exact) mass is 348 g/mol. The molecule has 26 heavy (non-hydrogen) atoms. The Morgan fingerprint density at radius 3 is 3.00 bits per heavy atom. The molecule has 2 aliphatic rings. The quantitative estimate of drug-likeness (QED) is 0.762. The fraction of sp³-hybridized carbons (Fsp3) is 0.381. The van der Waals surface area contributed by atoms with Crippen LogP contribution in [0.4, 0.5) is 5.69 Å². The second-order valence-corrected chi connectivity index (χ2v) is 7.57. The molecular formula is C21H24N4O. The first kappa shape index (κ1) is 15.7. The molecule has 2 N–H and O–H groups in total. The maximum absolute atomic E-state index is 5.15. The van der Waals surface area contributed by atoms with Gasteiger partial charge < -0.3 is 19.9 Å². The van der Waals surface area contributed by atoms with Gasteiger partial charge in [0, 0.05) is 47.7 Å². The minimum Gasteiger partial charge on any atom is -0.481 e. The molecule has 0 saturated carbocycles. The number of likely N-dealkylation sites (N-methyl/N-ethyl adjacent to an activating group) is 1. The number of hydrogen-bond donors (Lipinski definition) is 2. The van der Waals surface area contributed by atoms with Gasteiger partial charge >= 0.3 is 0 Å². The van der Waals surface area contributed by atoms with Gasteiger partial charge in [-0.3, -0.25) is 0 Å². The van der Waals surface area contributed by atoms with Crippen molar-refractivity contribution in [3.8, 4) is 5.88 Å². The van der Waals surface area contributed by atoms with Gasteiger partial charge in [-0.15, -0.1) is 0 Å². The van der Waals surface area contributed by atoms with Crippen molar-refractivity contribution in [2.24, 2.45) is 0 Å². The molecule has 2 aromatic heterocycles. The number of hydrogen-bond acceptors (Lipinski definition) is 4. The predicted molar refractivity (Wildman–Crippen MR) is 104 cm³/mol. The lowest BCUT2D eigenvalue weighted by Gasteiger charge is -2.45. The first-order valence-corrected chi connectivity index (χ1v) is 9.28. The number of nitrogens with one attached hydrogen (secondary N) is 2. The molecule has 3 atom stereocenters. The van der Waals surface area contributed by atoms with Crippen LogP contribution in [0.3, 0.4) is 0 Å². The van der Waals surface area contributed by atoms with Gasteiger partial charge in [0.1, 0.15) is 0 Å². The van der Waals surface area contributed by atoms with Crippen molar-refractivity contribution in [3.05, 3.63) is 53.9 Å². The minimum absolute atomic E-state index is 0.409. The van der Waals surface area contributed by atoms with E-state index in [1.807, 2.05) is 18.3 Å². The maximum Gasteiger partial charge on any atom is 0.213 e. The molecule has 0 bridgehead atoms. The summed E-state index contributed by atoms with van der Waals surface area (Å²) >= 11 is 0. The SMILES string of the molecule is COc1ccc(N[C@H]2CC3c4cccc5[nH]cc(c45)C[C@H]3N(C)C2)cn1. The van der Waals surface area contributed by atoms with Crippen LogP contribution in [0.1, 0.15) is 23.5 Å². The first-order chi connectivity index (χ1) is 12.7. The smallest absolute Gasteiger partial charge is 0.213 e. The van der Waals surface area contributed by atoms with E-state index >= 15 is 0 Å². The number of nitrogens with zero attached hydrogens (tertiary/aromatic N) is 2. The number of rotatable bonds is 3. The van der Waals surface area contributed by atoms with E-state index in [2.05, 4.69) is 51.6 Å². The Kier molecular flexibility index (Phi) is 3.64. The lowest BCUT2D eigenvalue weighted by molar-refractivity contribution is 0.147. The number of fused-ring (bicyclic) bond motifs is 2. The lowest BCUT2D eigenvalue weighted by Crippen LogP contribution is -2.51. The zero-order valence-electron chi connectivity index (χ0n) is 15.2. The number of ether oxygens (including phenoxy) is 1. The number of H-pyrrole nitrogens is 1. The van der Waals surface area contributed by atoms with Crippen molar-refractivity contribution in [2.45, 2.75) is 30.8 Å². The van der Waals surface area contributed by atoms with Crippen LogP contribution in [0.2, 0.25) is 0 Å². The van der Waals surface area contributed by atoms with Crippen LogP contribution in [0.5, 0.6) is 5.88 Å². The molecular weight excluding hydrogens is 324 g/mol. The Labute approximate surface area is 153 Å². The molecule has 5 heteroatoms. The van der Waals surface area contributed by atoms with Crippen molar-refractivity contribution in [1.82, 2.24) is 14.9 Å². The summed E-state index contributed by atoms with van der Waals surface area (Å²) in [4.78, 5) is 10.3. The van der Waals surface area contributed by atoms with Gasteiger partial charge in [0.25, 0.3) is 0 Å². The molecule has 1 aromatic carbocycles. The van der Waals surface area contributed by atoms with E-state index in [1.54, 1.807) is 7.11 Å². The summed E-state index contributed by atoms with van der Waals surface area (Å²) in [5.74, 6) is 1.21. The highest BCUT2D eigenvalue weighted by molar-refractivity contribution is 5.88. The third-order valence-corrected chi connectivity index (χ3v) is 6.04. The maximum atomic E-state index is 5.15. The largest absolute Gasteiger partial charge is 0.481 e. The van der Waals surface area contributed by atoms with E-state index in [9.17, 15) is 0 Å². The zero-order valence-corrected chi connectivity index (χ0v) is 15.2. The molecule has 1 aliphatic carbocycles. The van der Waals surface area contributed by atoms with E-state index in [-0.39, 0.29) is 0 Å². The topological polar surface area (TPSA) is 53.2 Å². The van der Waals surface area contributed by atoms with Gasteiger partial charge in [-0.05, 0) is 43.1 Å². The third kappa shape index (κ3) is 2.46. The molecule has 1 fully saturated rings. The Morgan fingerprint density at radius 2 is 2.19 bits per heavy atom. The summed E-state index contributed by atoms with van der Waals surface area (Å²) in [6.45, 7) is 1.04. The van der Waals surface area contributed by atoms with Crippen LogP contribution in [0.15, 0.2) is 42.7 Å². The van der Waals surface area contributed by atoms with E-state index in [4.69, 9.17) is 4.74 Å². The van der Waals surface area contributed by atoms with E-state index in [0.29, 0.717) is 23.9 Å². The number of pyridine rings is 1. The average molecular weight is 348 g/mol. The lowest BCUT2D eigenvalue weighted by atomic mass is 9.74. The molecule has 134 valence electrons. The molecule has 3 heterocycles. The summed E-state index contributed by atoms with van der Waals surface area (Å²) in [5, 5.41) is 5.13. The fourth-order valence-corrected chi connectivity index (χ4v) is 4.87. The molecule has 3 aromatic rings. The summed E-state index contributed by atoms with van der Waals surface area (Å²) in [7, 11) is 3.90. The van der Waals surface area contributed by atoms with Crippen molar-refractivity contribution in [2.75, 3.05) is 26.0 Å². The van der Waals surface area contributed by atoms with Crippen molar-refractivity contribution >= 4 is 16.6 Å². The standard InChI is InChI=1S/C21H24N4O/c1-25-12-15(24-14-6-7-20(26-2)23-11-14)9-17-16-4-3-5-18-21(16)13(10-22-18)8-19(17)25/h3-7,10-11,15,17,19,22,24H,8-9,12H2,1-2H3/t15-,17?,19+/m0/s1.